The first kappa shape index (κ1) is 17.9. The summed E-state index contributed by atoms with van der Waals surface area (Å²) in [6, 6.07) is 3.77. The quantitative estimate of drug-likeness (QED) is 0.835. The normalized spacial score (nSPS) is 20.9. The van der Waals surface area contributed by atoms with Gasteiger partial charge in [0, 0.05) is 18.5 Å². The van der Waals surface area contributed by atoms with Crippen LogP contribution in [-0.4, -0.2) is 25.7 Å². The molecule has 1 aliphatic rings. The van der Waals surface area contributed by atoms with Crippen LogP contribution in [0.4, 0.5) is 0 Å². The highest BCUT2D eigenvalue weighted by Crippen LogP contribution is 2.36. The van der Waals surface area contributed by atoms with Crippen LogP contribution < -0.4 is 20.5 Å². The highest BCUT2D eigenvalue weighted by molar-refractivity contribution is 6.32. The standard InChI is InChI=1S/C17H25ClN2O3/c1-3-23-16-14(18)7-11(8-15(16)22-2)10-20-17(21)12-5-4-6-13(19)9-12/h7-8,12-13H,3-6,9-10,19H2,1-2H3,(H,20,21). The lowest BCUT2D eigenvalue weighted by Crippen LogP contribution is -2.37. The number of halogens is 1. The van der Waals surface area contributed by atoms with Crippen LogP contribution in [0.2, 0.25) is 5.02 Å². The summed E-state index contributed by atoms with van der Waals surface area (Å²) in [5.41, 5.74) is 6.82. The van der Waals surface area contributed by atoms with Gasteiger partial charge in [0.05, 0.1) is 18.7 Å². The third-order valence-corrected chi connectivity index (χ3v) is 4.41. The molecule has 0 radical (unpaired) electrons. The zero-order valence-electron chi connectivity index (χ0n) is 13.7. The summed E-state index contributed by atoms with van der Waals surface area (Å²) in [5, 5.41) is 3.45. The third kappa shape index (κ3) is 4.75. The average molecular weight is 341 g/mol. The predicted octanol–water partition coefficient (Wildman–Crippen LogP) is 2.88. The van der Waals surface area contributed by atoms with Gasteiger partial charge in [-0.2, -0.15) is 0 Å². The van der Waals surface area contributed by atoms with E-state index in [-0.39, 0.29) is 17.9 Å². The van der Waals surface area contributed by atoms with Gasteiger partial charge in [-0.25, -0.2) is 0 Å². The molecule has 23 heavy (non-hydrogen) atoms. The lowest BCUT2D eigenvalue weighted by molar-refractivity contribution is -0.126. The Hall–Kier alpha value is -1.46. The van der Waals surface area contributed by atoms with Crippen LogP contribution in [0.25, 0.3) is 0 Å². The molecule has 6 heteroatoms. The number of nitrogens with one attached hydrogen (secondary N) is 1. The molecule has 0 spiro atoms. The van der Waals surface area contributed by atoms with Gasteiger partial charge in [0.15, 0.2) is 11.5 Å². The molecule has 1 aromatic carbocycles. The first-order valence-electron chi connectivity index (χ1n) is 8.07. The summed E-state index contributed by atoms with van der Waals surface area (Å²) in [5.74, 6) is 1.18. The summed E-state index contributed by atoms with van der Waals surface area (Å²) in [4.78, 5) is 12.3. The molecule has 1 fully saturated rings. The minimum absolute atomic E-state index is 0.0128. The first-order chi connectivity index (χ1) is 11.0. The highest BCUT2D eigenvalue weighted by atomic mass is 35.5. The number of methoxy groups -OCH3 is 1. The molecule has 5 nitrogen and oxygen atoms in total. The molecule has 1 aliphatic carbocycles. The molecule has 1 saturated carbocycles. The van der Waals surface area contributed by atoms with E-state index in [0.717, 1.165) is 31.2 Å². The molecule has 2 rings (SSSR count). The van der Waals surface area contributed by atoms with Gasteiger partial charge < -0.3 is 20.5 Å². The fourth-order valence-electron chi connectivity index (χ4n) is 2.96. The van der Waals surface area contributed by atoms with Gasteiger partial charge in [0.2, 0.25) is 5.91 Å². The van der Waals surface area contributed by atoms with Gasteiger partial charge in [-0.1, -0.05) is 18.0 Å². The molecular formula is C17H25ClN2O3. The summed E-state index contributed by atoms with van der Waals surface area (Å²) in [7, 11) is 1.57. The number of carbonyl (C=O) groups is 1. The van der Waals surface area contributed by atoms with Gasteiger partial charge in [-0.15, -0.1) is 0 Å². The number of nitrogens with two attached hydrogens (primary N) is 1. The lowest BCUT2D eigenvalue weighted by Gasteiger charge is -2.25. The Labute approximate surface area is 142 Å². The van der Waals surface area contributed by atoms with E-state index in [1.54, 1.807) is 13.2 Å². The van der Waals surface area contributed by atoms with Crippen LogP contribution in [-0.2, 0) is 11.3 Å². The maximum absolute atomic E-state index is 12.3. The van der Waals surface area contributed by atoms with Crippen LogP contribution in [0.5, 0.6) is 11.5 Å². The molecule has 3 N–H and O–H groups in total. The summed E-state index contributed by atoms with van der Waals surface area (Å²) in [6.07, 6.45) is 3.70. The van der Waals surface area contributed by atoms with Gasteiger partial charge >= 0.3 is 0 Å². The molecule has 1 amide bonds. The van der Waals surface area contributed by atoms with Crippen molar-refractivity contribution in [3.63, 3.8) is 0 Å². The largest absolute Gasteiger partial charge is 0.493 e. The Morgan fingerprint density at radius 1 is 1.43 bits per heavy atom. The van der Waals surface area contributed by atoms with Gasteiger partial charge in [-0.3, -0.25) is 4.79 Å². The first-order valence-corrected chi connectivity index (χ1v) is 8.45. The van der Waals surface area contributed by atoms with Crippen LogP contribution >= 0.6 is 11.6 Å². The lowest BCUT2D eigenvalue weighted by atomic mass is 9.85. The molecule has 128 valence electrons. The van der Waals surface area contributed by atoms with E-state index >= 15 is 0 Å². The minimum atomic E-state index is 0.0128. The van der Waals surface area contributed by atoms with E-state index in [4.69, 9.17) is 26.8 Å². The van der Waals surface area contributed by atoms with Crippen LogP contribution in [0.15, 0.2) is 12.1 Å². The molecule has 2 atom stereocenters. The minimum Gasteiger partial charge on any atom is -0.493 e. The number of hydrogen-bond acceptors (Lipinski definition) is 4. The topological polar surface area (TPSA) is 73.6 Å². The molecule has 2 unspecified atom stereocenters. The van der Waals surface area contributed by atoms with Crippen LogP contribution in [0.1, 0.15) is 38.2 Å². The second-order valence-corrected chi connectivity index (χ2v) is 6.29. The van der Waals surface area contributed by atoms with Crippen molar-refractivity contribution in [2.75, 3.05) is 13.7 Å². The summed E-state index contributed by atoms with van der Waals surface area (Å²) >= 11 is 6.24. The molecular weight excluding hydrogens is 316 g/mol. The second-order valence-electron chi connectivity index (χ2n) is 5.88. The molecule has 0 bridgehead atoms. The molecule has 0 heterocycles. The van der Waals surface area contributed by atoms with Gasteiger partial charge in [0.1, 0.15) is 0 Å². The molecule has 1 aromatic rings. The predicted molar refractivity (Wildman–Crippen MR) is 91.0 cm³/mol. The van der Waals surface area contributed by atoms with Crippen molar-refractivity contribution in [3.05, 3.63) is 22.7 Å². The highest BCUT2D eigenvalue weighted by Gasteiger charge is 2.25. The smallest absolute Gasteiger partial charge is 0.223 e. The fraction of sp³-hybridized carbons (Fsp3) is 0.588. The Kier molecular flexibility index (Phi) is 6.54. The summed E-state index contributed by atoms with van der Waals surface area (Å²) < 4.78 is 10.8. The number of ether oxygens (including phenoxy) is 2. The Balaban J connectivity index is 2.00. The van der Waals surface area contributed by atoms with Crippen molar-refractivity contribution in [1.82, 2.24) is 5.32 Å². The van der Waals surface area contributed by atoms with Crippen molar-refractivity contribution in [1.29, 1.82) is 0 Å². The van der Waals surface area contributed by atoms with E-state index in [1.807, 2.05) is 13.0 Å². The number of benzene rings is 1. The Bertz CT molecular complexity index is 551. The number of rotatable bonds is 6. The maximum atomic E-state index is 12.3. The van der Waals surface area contributed by atoms with Gasteiger partial charge in [0.25, 0.3) is 0 Å². The van der Waals surface area contributed by atoms with E-state index in [1.165, 1.54) is 0 Å². The second kappa shape index (κ2) is 8.41. The SMILES string of the molecule is CCOc1c(Cl)cc(CNC(=O)C2CCCC(N)C2)cc1OC. The third-order valence-electron chi connectivity index (χ3n) is 4.13. The van der Waals surface area contributed by atoms with E-state index < -0.39 is 0 Å². The number of amides is 1. The monoisotopic (exact) mass is 340 g/mol. The van der Waals surface area contributed by atoms with Gasteiger partial charge in [-0.05, 0) is 43.9 Å². The van der Waals surface area contributed by atoms with Crippen molar-refractivity contribution in [2.45, 2.75) is 45.2 Å². The number of hydrogen-bond donors (Lipinski definition) is 2. The van der Waals surface area contributed by atoms with Crippen molar-refractivity contribution < 1.29 is 14.3 Å². The Morgan fingerprint density at radius 2 is 2.22 bits per heavy atom. The van der Waals surface area contributed by atoms with Crippen molar-refractivity contribution >= 4 is 17.5 Å². The van der Waals surface area contributed by atoms with E-state index in [9.17, 15) is 4.79 Å². The fourth-order valence-corrected chi connectivity index (χ4v) is 3.25. The molecule has 0 aromatic heterocycles. The average Bonchev–Trinajstić information content (AvgIpc) is 2.54. The van der Waals surface area contributed by atoms with Crippen molar-refractivity contribution in [3.8, 4) is 11.5 Å². The van der Waals surface area contributed by atoms with Crippen molar-refractivity contribution in [2.24, 2.45) is 11.7 Å². The zero-order valence-corrected chi connectivity index (χ0v) is 14.5. The Morgan fingerprint density at radius 3 is 2.87 bits per heavy atom. The van der Waals surface area contributed by atoms with Crippen LogP contribution in [0, 0.1) is 5.92 Å². The molecule has 0 saturated heterocycles. The summed E-state index contributed by atoms with van der Waals surface area (Å²) in [6.45, 7) is 2.81. The number of carbonyl (C=O) groups excluding carboxylic acids is 1. The molecule has 0 aliphatic heterocycles. The van der Waals surface area contributed by atoms with E-state index in [2.05, 4.69) is 5.32 Å². The van der Waals surface area contributed by atoms with E-state index in [0.29, 0.717) is 29.7 Å². The van der Waals surface area contributed by atoms with Crippen LogP contribution in [0.3, 0.4) is 0 Å². The zero-order chi connectivity index (χ0) is 16.8. The maximum Gasteiger partial charge on any atom is 0.223 e.